The monoisotopic (exact) mass is 390 g/mol. The zero-order valence-corrected chi connectivity index (χ0v) is 16.5. The summed E-state index contributed by atoms with van der Waals surface area (Å²) in [7, 11) is 0. The average molecular weight is 391 g/mol. The minimum Gasteiger partial charge on any atom is -0.381 e. The van der Waals surface area contributed by atoms with Gasteiger partial charge in [-0.2, -0.15) is 0 Å². The molecule has 2 heterocycles. The van der Waals surface area contributed by atoms with Crippen LogP contribution >= 0.6 is 0 Å². The van der Waals surface area contributed by atoms with Gasteiger partial charge in [0.2, 0.25) is 0 Å². The third kappa shape index (κ3) is 5.14. The topological polar surface area (TPSA) is 48.1 Å². The van der Waals surface area contributed by atoms with Gasteiger partial charge in [0.05, 0.1) is 6.61 Å². The van der Waals surface area contributed by atoms with E-state index in [9.17, 15) is 9.18 Å². The Hall–Kier alpha value is -1.86. The molecule has 6 nitrogen and oxygen atoms in total. The number of anilines is 1. The number of amides is 2. The van der Waals surface area contributed by atoms with Crippen LogP contribution in [-0.2, 0) is 4.74 Å². The molecular formula is C21H31FN4O2. The van der Waals surface area contributed by atoms with E-state index in [-0.39, 0.29) is 11.8 Å². The Morgan fingerprint density at radius 2 is 1.89 bits per heavy atom. The average Bonchev–Trinajstić information content (AvgIpc) is 3.42. The fraction of sp³-hybridized carbons (Fsp3) is 0.667. The molecule has 0 radical (unpaired) electrons. The zero-order valence-electron chi connectivity index (χ0n) is 16.5. The molecule has 154 valence electrons. The number of benzene rings is 1. The lowest BCUT2D eigenvalue weighted by atomic mass is 10.1. The van der Waals surface area contributed by atoms with Gasteiger partial charge in [-0.15, -0.1) is 0 Å². The van der Waals surface area contributed by atoms with Crippen molar-refractivity contribution in [2.24, 2.45) is 5.92 Å². The minimum absolute atomic E-state index is 0.0827. The van der Waals surface area contributed by atoms with Gasteiger partial charge in [-0.25, -0.2) is 9.18 Å². The maximum atomic E-state index is 13.1. The van der Waals surface area contributed by atoms with Crippen LogP contribution in [-0.4, -0.2) is 80.9 Å². The molecule has 1 aromatic carbocycles. The second-order valence-electron chi connectivity index (χ2n) is 8.15. The van der Waals surface area contributed by atoms with Crippen LogP contribution in [0.4, 0.5) is 14.9 Å². The number of nitrogens with zero attached hydrogens (tertiary/aromatic N) is 3. The number of carbonyl (C=O) groups excluding carboxylic acids is 1. The van der Waals surface area contributed by atoms with Crippen LogP contribution in [0.2, 0.25) is 0 Å². The molecule has 1 atom stereocenters. The smallest absolute Gasteiger partial charge is 0.317 e. The van der Waals surface area contributed by atoms with Gasteiger partial charge >= 0.3 is 6.03 Å². The van der Waals surface area contributed by atoms with Crippen LogP contribution in [0.5, 0.6) is 0 Å². The molecule has 0 spiro atoms. The molecule has 3 aliphatic rings. The summed E-state index contributed by atoms with van der Waals surface area (Å²) < 4.78 is 18.5. The minimum atomic E-state index is -0.196. The third-order valence-electron chi connectivity index (χ3n) is 6.00. The summed E-state index contributed by atoms with van der Waals surface area (Å²) in [5.41, 5.74) is 1.07. The number of piperazine rings is 1. The van der Waals surface area contributed by atoms with E-state index in [4.69, 9.17) is 4.74 Å². The van der Waals surface area contributed by atoms with E-state index in [1.54, 1.807) is 0 Å². The highest BCUT2D eigenvalue weighted by Gasteiger charge is 2.34. The lowest BCUT2D eigenvalue weighted by Crippen LogP contribution is -2.50. The molecule has 1 aromatic rings. The molecule has 0 aromatic heterocycles. The van der Waals surface area contributed by atoms with Gasteiger partial charge < -0.3 is 19.9 Å². The molecule has 1 unspecified atom stereocenters. The molecular weight excluding hydrogens is 359 g/mol. The van der Waals surface area contributed by atoms with Gasteiger partial charge in [-0.3, -0.25) is 4.90 Å². The molecule has 0 bridgehead atoms. The standard InChI is InChI=1S/C21H31FN4O2/c22-18-1-3-19(4-2-18)25-12-10-24(11-13-25)9-8-23-21(27)26(20-5-6-20)15-17-7-14-28-16-17/h1-4,17,20H,5-16H2,(H,23,27). The normalized spacial score (nSPS) is 23.0. The highest BCUT2D eigenvalue weighted by molar-refractivity contribution is 5.74. The molecule has 1 saturated carbocycles. The van der Waals surface area contributed by atoms with Gasteiger partial charge in [0.15, 0.2) is 0 Å². The van der Waals surface area contributed by atoms with Crippen molar-refractivity contribution in [3.63, 3.8) is 0 Å². The van der Waals surface area contributed by atoms with Crippen LogP contribution < -0.4 is 10.2 Å². The van der Waals surface area contributed by atoms with Crippen LogP contribution in [0, 0.1) is 11.7 Å². The predicted octanol–water partition coefficient (Wildman–Crippen LogP) is 2.16. The van der Waals surface area contributed by atoms with E-state index in [0.717, 1.165) is 77.4 Å². The fourth-order valence-electron chi connectivity index (χ4n) is 4.09. The summed E-state index contributed by atoms with van der Waals surface area (Å²) in [6, 6.07) is 7.22. The molecule has 3 fully saturated rings. The Kier molecular flexibility index (Phi) is 6.32. The molecule has 2 saturated heterocycles. The number of nitrogens with one attached hydrogen (secondary N) is 1. The highest BCUT2D eigenvalue weighted by atomic mass is 19.1. The van der Waals surface area contributed by atoms with Crippen molar-refractivity contribution in [3.05, 3.63) is 30.1 Å². The lowest BCUT2D eigenvalue weighted by Gasteiger charge is -2.36. The van der Waals surface area contributed by atoms with Crippen LogP contribution in [0.15, 0.2) is 24.3 Å². The highest BCUT2D eigenvalue weighted by Crippen LogP contribution is 2.29. The maximum absolute atomic E-state index is 13.1. The summed E-state index contributed by atoms with van der Waals surface area (Å²) >= 11 is 0. The molecule has 4 rings (SSSR count). The summed E-state index contributed by atoms with van der Waals surface area (Å²) in [5, 5.41) is 3.12. The number of urea groups is 1. The van der Waals surface area contributed by atoms with Crippen molar-refractivity contribution >= 4 is 11.7 Å². The van der Waals surface area contributed by atoms with E-state index in [1.165, 1.54) is 12.1 Å². The van der Waals surface area contributed by atoms with Crippen LogP contribution in [0.3, 0.4) is 0 Å². The van der Waals surface area contributed by atoms with Gasteiger partial charge in [0, 0.05) is 70.1 Å². The van der Waals surface area contributed by atoms with Crippen molar-refractivity contribution in [3.8, 4) is 0 Å². The number of ether oxygens (including phenoxy) is 1. The van der Waals surface area contributed by atoms with E-state index in [2.05, 4.69) is 15.1 Å². The molecule has 2 amide bonds. The quantitative estimate of drug-likeness (QED) is 0.775. The Morgan fingerprint density at radius 1 is 1.14 bits per heavy atom. The van der Waals surface area contributed by atoms with Crippen molar-refractivity contribution < 1.29 is 13.9 Å². The van der Waals surface area contributed by atoms with Gasteiger partial charge in [0.25, 0.3) is 0 Å². The largest absolute Gasteiger partial charge is 0.381 e. The number of carbonyl (C=O) groups is 1. The van der Waals surface area contributed by atoms with Crippen molar-refractivity contribution in [1.82, 2.24) is 15.1 Å². The Balaban J connectivity index is 1.17. The third-order valence-corrected chi connectivity index (χ3v) is 6.00. The second-order valence-corrected chi connectivity index (χ2v) is 8.15. The first kappa shape index (κ1) is 19.5. The lowest BCUT2D eigenvalue weighted by molar-refractivity contribution is 0.161. The van der Waals surface area contributed by atoms with Gasteiger partial charge in [-0.05, 0) is 43.5 Å². The predicted molar refractivity (Wildman–Crippen MR) is 107 cm³/mol. The number of halogens is 1. The van der Waals surface area contributed by atoms with Gasteiger partial charge in [-0.1, -0.05) is 0 Å². The van der Waals surface area contributed by atoms with E-state index in [1.807, 2.05) is 17.0 Å². The first-order valence-electron chi connectivity index (χ1n) is 10.5. The summed E-state index contributed by atoms with van der Waals surface area (Å²) in [6.45, 7) is 7.76. The van der Waals surface area contributed by atoms with Crippen molar-refractivity contribution in [2.75, 3.05) is 63.9 Å². The molecule has 7 heteroatoms. The van der Waals surface area contributed by atoms with Crippen molar-refractivity contribution in [2.45, 2.75) is 25.3 Å². The first-order chi connectivity index (χ1) is 13.7. The maximum Gasteiger partial charge on any atom is 0.317 e. The molecule has 2 aliphatic heterocycles. The van der Waals surface area contributed by atoms with Crippen LogP contribution in [0.25, 0.3) is 0 Å². The molecule has 1 aliphatic carbocycles. The number of hydrogen-bond acceptors (Lipinski definition) is 4. The van der Waals surface area contributed by atoms with Crippen molar-refractivity contribution in [1.29, 1.82) is 0 Å². The number of hydrogen-bond donors (Lipinski definition) is 1. The SMILES string of the molecule is O=C(NCCN1CCN(c2ccc(F)cc2)CC1)N(CC1CCOC1)C1CC1. The van der Waals surface area contributed by atoms with E-state index in [0.29, 0.717) is 18.5 Å². The summed E-state index contributed by atoms with van der Waals surface area (Å²) in [5.74, 6) is 0.296. The van der Waals surface area contributed by atoms with E-state index < -0.39 is 0 Å². The Labute approximate surface area is 166 Å². The summed E-state index contributed by atoms with van der Waals surface area (Å²) in [6.07, 6.45) is 3.33. The Bertz CT molecular complexity index is 638. The Morgan fingerprint density at radius 3 is 2.54 bits per heavy atom. The number of rotatable bonds is 7. The zero-order chi connectivity index (χ0) is 19.3. The van der Waals surface area contributed by atoms with E-state index >= 15 is 0 Å². The molecule has 1 N–H and O–H groups in total. The van der Waals surface area contributed by atoms with Gasteiger partial charge in [0.1, 0.15) is 5.82 Å². The summed E-state index contributed by atoms with van der Waals surface area (Å²) in [4.78, 5) is 19.3. The molecule has 28 heavy (non-hydrogen) atoms. The first-order valence-corrected chi connectivity index (χ1v) is 10.5. The fourth-order valence-corrected chi connectivity index (χ4v) is 4.09. The van der Waals surface area contributed by atoms with Crippen LogP contribution in [0.1, 0.15) is 19.3 Å². The second kappa shape index (κ2) is 9.09.